The van der Waals surface area contributed by atoms with Gasteiger partial charge in [0.2, 0.25) is 5.91 Å². The summed E-state index contributed by atoms with van der Waals surface area (Å²) in [5.74, 6) is 1.15. The van der Waals surface area contributed by atoms with Crippen LogP contribution in [0.1, 0.15) is 36.0 Å². The molecule has 0 fully saturated rings. The van der Waals surface area contributed by atoms with Crippen molar-refractivity contribution in [1.29, 1.82) is 0 Å². The van der Waals surface area contributed by atoms with Gasteiger partial charge < -0.3 is 5.32 Å². The molecule has 0 radical (unpaired) electrons. The fourth-order valence-corrected chi connectivity index (χ4v) is 5.05. The monoisotopic (exact) mass is 592 g/mol. The normalized spacial score (nSPS) is 11.5. The van der Waals surface area contributed by atoms with Gasteiger partial charge in [0.25, 0.3) is 0 Å². The van der Waals surface area contributed by atoms with Crippen molar-refractivity contribution in [1.82, 2.24) is 20.1 Å². The van der Waals surface area contributed by atoms with Crippen molar-refractivity contribution in [2.75, 3.05) is 5.75 Å². The summed E-state index contributed by atoms with van der Waals surface area (Å²) >= 11 is 13.9. The molecule has 1 aromatic heterocycles. The van der Waals surface area contributed by atoms with Gasteiger partial charge in [-0.25, -0.2) is 0 Å². The van der Waals surface area contributed by atoms with Crippen LogP contribution in [-0.4, -0.2) is 26.4 Å². The fraction of sp³-hybridized carbons (Fsp3) is 0.250. The summed E-state index contributed by atoms with van der Waals surface area (Å²) in [5, 5.41) is 13.1. The highest BCUT2D eigenvalue weighted by molar-refractivity contribution is 7.99. The van der Waals surface area contributed by atoms with Crippen LogP contribution >= 0.6 is 35.0 Å². The van der Waals surface area contributed by atoms with Crippen LogP contribution in [0.2, 0.25) is 10.0 Å². The third-order valence-electron chi connectivity index (χ3n) is 5.88. The molecule has 4 aromatic rings. The zero-order valence-corrected chi connectivity index (χ0v) is 23.3. The Morgan fingerprint density at radius 3 is 2.46 bits per heavy atom. The molecule has 1 heterocycles. The molecule has 1 N–H and O–H groups in total. The number of aryl methyl sites for hydroxylation is 1. The standard InChI is InChI=1S/C28H25Cl2F3N4OS/c1-18-8-10-20(11-9-18)26-35-36-27(37(26)22-12-13-23(29)24(30)16-22)39-14-3-2-7-25(38)34-17-19-5-4-6-21(15-19)28(31,32)33/h4-6,8-13,15-16H,2-3,7,14,17H2,1H3,(H,34,38). The maximum atomic E-state index is 12.9. The first kappa shape index (κ1) is 29.0. The quantitative estimate of drug-likeness (QED) is 0.149. The fourth-order valence-electron chi connectivity index (χ4n) is 3.81. The highest BCUT2D eigenvalue weighted by Gasteiger charge is 2.30. The smallest absolute Gasteiger partial charge is 0.352 e. The number of nitrogens with one attached hydrogen (secondary N) is 1. The molecule has 0 spiro atoms. The maximum absolute atomic E-state index is 12.9. The lowest BCUT2D eigenvalue weighted by Gasteiger charge is -2.12. The number of amides is 1. The molecule has 5 nitrogen and oxygen atoms in total. The molecular formula is C28H25Cl2F3N4OS. The molecule has 0 bridgehead atoms. The SMILES string of the molecule is Cc1ccc(-c2nnc(SCCCCC(=O)NCc3cccc(C(F)(F)F)c3)n2-c2ccc(Cl)c(Cl)c2)cc1. The van der Waals surface area contributed by atoms with E-state index in [0.29, 0.717) is 38.8 Å². The second kappa shape index (κ2) is 12.9. The number of benzene rings is 3. The number of carbonyl (C=O) groups excluding carboxylic acids is 1. The van der Waals surface area contributed by atoms with E-state index in [2.05, 4.69) is 15.5 Å². The number of hydrogen-bond donors (Lipinski definition) is 1. The van der Waals surface area contributed by atoms with Gasteiger partial charge in [0, 0.05) is 24.3 Å². The summed E-state index contributed by atoms with van der Waals surface area (Å²) in [6, 6.07) is 18.3. The van der Waals surface area contributed by atoms with E-state index in [0.717, 1.165) is 35.4 Å². The molecule has 0 aliphatic carbocycles. The van der Waals surface area contributed by atoms with Crippen molar-refractivity contribution in [3.8, 4) is 17.1 Å². The van der Waals surface area contributed by atoms with Crippen molar-refractivity contribution in [2.45, 2.75) is 44.1 Å². The van der Waals surface area contributed by atoms with E-state index >= 15 is 0 Å². The molecule has 39 heavy (non-hydrogen) atoms. The summed E-state index contributed by atoms with van der Waals surface area (Å²) < 4.78 is 40.6. The number of carbonyl (C=O) groups is 1. The number of nitrogens with zero attached hydrogens (tertiary/aromatic N) is 3. The highest BCUT2D eigenvalue weighted by atomic mass is 35.5. The van der Waals surface area contributed by atoms with Crippen molar-refractivity contribution >= 4 is 40.9 Å². The Kier molecular flexibility index (Phi) is 9.58. The summed E-state index contributed by atoms with van der Waals surface area (Å²) in [7, 11) is 0. The van der Waals surface area contributed by atoms with Gasteiger partial charge in [0.1, 0.15) is 0 Å². The zero-order chi connectivity index (χ0) is 28.0. The molecule has 11 heteroatoms. The molecule has 204 valence electrons. The van der Waals surface area contributed by atoms with Crippen LogP contribution < -0.4 is 5.32 Å². The van der Waals surface area contributed by atoms with E-state index in [1.807, 2.05) is 41.8 Å². The molecule has 0 aliphatic rings. The largest absolute Gasteiger partial charge is 0.416 e. The van der Waals surface area contributed by atoms with Crippen LogP contribution in [0.5, 0.6) is 0 Å². The lowest BCUT2D eigenvalue weighted by molar-refractivity contribution is -0.137. The Balaban J connectivity index is 1.34. The first-order valence-corrected chi connectivity index (χ1v) is 13.9. The molecule has 0 atom stereocenters. The number of hydrogen-bond acceptors (Lipinski definition) is 4. The van der Waals surface area contributed by atoms with Crippen LogP contribution in [0.15, 0.2) is 71.9 Å². The number of aromatic nitrogens is 3. The lowest BCUT2D eigenvalue weighted by atomic mass is 10.1. The van der Waals surface area contributed by atoms with E-state index in [1.165, 1.54) is 17.8 Å². The van der Waals surface area contributed by atoms with Crippen molar-refractivity contribution in [3.63, 3.8) is 0 Å². The summed E-state index contributed by atoms with van der Waals surface area (Å²) in [6.45, 7) is 2.06. The summed E-state index contributed by atoms with van der Waals surface area (Å²) in [6.07, 6.45) is -2.79. The second-order valence-electron chi connectivity index (χ2n) is 8.89. The van der Waals surface area contributed by atoms with Crippen molar-refractivity contribution < 1.29 is 18.0 Å². The van der Waals surface area contributed by atoms with Gasteiger partial charge in [-0.2, -0.15) is 13.2 Å². The Morgan fingerprint density at radius 1 is 0.974 bits per heavy atom. The van der Waals surface area contributed by atoms with Crippen LogP contribution in [0.25, 0.3) is 17.1 Å². The van der Waals surface area contributed by atoms with E-state index in [-0.39, 0.29) is 18.9 Å². The highest BCUT2D eigenvalue weighted by Crippen LogP contribution is 2.32. The molecule has 3 aromatic carbocycles. The zero-order valence-electron chi connectivity index (χ0n) is 20.9. The number of thioether (sulfide) groups is 1. The Bertz CT molecular complexity index is 1440. The van der Waals surface area contributed by atoms with Gasteiger partial charge in [0.05, 0.1) is 21.3 Å². The lowest BCUT2D eigenvalue weighted by Crippen LogP contribution is -2.22. The predicted octanol–water partition coefficient (Wildman–Crippen LogP) is 8.15. The average molecular weight is 594 g/mol. The Morgan fingerprint density at radius 2 is 1.74 bits per heavy atom. The number of rotatable bonds is 10. The van der Waals surface area contributed by atoms with Crippen LogP contribution in [-0.2, 0) is 17.5 Å². The van der Waals surface area contributed by atoms with E-state index in [1.54, 1.807) is 18.2 Å². The number of alkyl halides is 3. The molecule has 0 saturated carbocycles. The second-order valence-corrected chi connectivity index (χ2v) is 10.8. The third-order valence-corrected chi connectivity index (χ3v) is 7.63. The van der Waals surface area contributed by atoms with Crippen LogP contribution in [0.3, 0.4) is 0 Å². The van der Waals surface area contributed by atoms with Crippen molar-refractivity contribution in [3.05, 3.63) is 93.5 Å². The first-order valence-electron chi connectivity index (χ1n) is 12.2. The Labute approximate surface area is 238 Å². The average Bonchev–Trinajstić information content (AvgIpc) is 3.33. The predicted molar refractivity (Wildman–Crippen MR) is 149 cm³/mol. The van der Waals surface area contributed by atoms with Gasteiger partial charge >= 0.3 is 6.18 Å². The minimum Gasteiger partial charge on any atom is -0.352 e. The first-order chi connectivity index (χ1) is 18.6. The van der Waals surface area contributed by atoms with E-state index in [9.17, 15) is 18.0 Å². The molecule has 0 aliphatic heterocycles. The van der Waals surface area contributed by atoms with Gasteiger partial charge in [-0.3, -0.25) is 9.36 Å². The van der Waals surface area contributed by atoms with E-state index < -0.39 is 11.7 Å². The third kappa shape index (κ3) is 7.77. The number of unbranched alkanes of at least 4 members (excludes halogenated alkanes) is 1. The molecule has 1 amide bonds. The molecular weight excluding hydrogens is 568 g/mol. The van der Waals surface area contributed by atoms with Crippen LogP contribution in [0, 0.1) is 6.92 Å². The van der Waals surface area contributed by atoms with Gasteiger partial charge in [-0.15, -0.1) is 10.2 Å². The van der Waals surface area contributed by atoms with Crippen LogP contribution in [0.4, 0.5) is 13.2 Å². The molecule has 0 saturated heterocycles. The minimum absolute atomic E-state index is 0.0477. The number of halogens is 5. The minimum atomic E-state index is -4.41. The summed E-state index contributed by atoms with van der Waals surface area (Å²) in [4.78, 5) is 12.2. The maximum Gasteiger partial charge on any atom is 0.416 e. The molecule has 4 rings (SSSR count). The summed E-state index contributed by atoms with van der Waals surface area (Å²) in [5.41, 5.74) is 2.49. The van der Waals surface area contributed by atoms with Gasteiger partial charge in [-0.05, 0) is 55.7 Å². The molecule has 0 unspecified atom stereocenters. The topological polar surface area (TPSA) is 59.8 Å². The van der Waals surface area contributed by atoms with Crippen molar-refractivity contribution in [2.24, 2.45) is 0 Å². The van der Waals surface area contributed by atoms with Gasteiger partial charge in [-0.1, -0.05) is 76.9 Å². The van der Waals surface area contributed by atoms with Gasteiger partial charge in [0.15, 0.2) is 11.0 Å². The van der Waals surface area contributed by atoms with E-state index in [4.69, 9.17) is 23.2 Å². The Hall–Kier alpha value is -3.01.